The van der Waals surface area contributed by atoms with E-state index in [1.165, 1.54) is 38.0 Å². The zero-order valence-corrected chi connectivity index (χ0v) is 11.6. The molecule has 2 heterocycles. The van der Waals surface area contributed by atoms with Crippen molar-refractivity contribution in [2.24, 2.45) is 0 Å². The highest BCUT2D eigenvalue weighted by atomic mass is 16.5. The van der Waals surface area contributed by atoms with E-state index in [2.05, 4.69) is 15.9 Å². The van der Waals surface area contributed by atoms with Gasteiger partial charge in [0, 0.05) is 30.9 Å². The monoisotopic (exact) mass is 261 g/mol. The van der Waals surface area contributed by atoms with Crippen LogP contribution in [0.5, 0.6) is 5.75 Å². The largest absolute Gasteiger partial charge is 0.495 e. The number of hydrogen-bond acceptors (Lipinski definition) is 4. The molecule has 0 spiro atoms. The van der Waals surface area contributed by atoms with Crippen LogP contribution in [-0.4, -0.2) is 44.2 Å². The van der Waals surface area contributed by atoms with E-state index in [1.54, 1.807) is 7.11 Å². The number of nitrogens with two attached hydrogens (primary N) is 1. The van der Waals surface area contributed by atoms with Gasteiger partial charge >= 0.3 is 0 Å². The molecule has 0 aliphatic carbocycles. The Hall–Kier alpha value is -1.42. The van der Waals surface area contributed by atoms with E-state index in [4.69, 9.17) is 10.5 Å². The second-order valence-corrected chi connectivity index (χ2v) is 5.54. The predicted octanol–water partition coefficient (Wildman–Crippen LogP) is 1.95. The van der Waals surface area contributed by atoms with Gasteiger partial charge in [-0.2, -0.15) is 0 Å². The van der Waals surface area contributed by atoms with Gasteiger partial charge in [-0.05, 0) is 44.5 Å². The molecule has 1 aromatic carbocycles. The van der Waals surface area contributed by atoms with Gasteiger partial charge in [0.15, 0.2) is 0 Å². The fraction of sp³-hybridized carbons (Fsp3) is 0.600. The van der Waals surface area contributed by atoms with Gasteiger partial charge in [-0.1, -0.05) is 0 Å². The Morgan fingerprint density at radius 3 is 2.47 bits per heavy atom. The topological polar surface area (TPSA) is 41.7 Å². The fourth-order valence-electron chi connectivity index (χ4n) is 3.13. The van der Waals surface area contributed by atoms with Gasteiger partial charge in [-0.15, -0.1) is 0 Å². The summed E-state index contributed by atoms with van der Waals surface area (Å²) in [5.74, 6) is 0.891. The van der Waals surface area contributed by atoms with Crippen LogP contribution in [-0.2, 0) is 0 Å². The maximum atomic E-state index is 5.81. The number of ether oxygens (including phenoxy) is 1. The van der Waals surface area contributed by atoms with Crippen LogP contribution in [0.1, 0.15) is 19.3 Å². The quantitative estimate of drug-likeness (QED) is 0.845. The van der Waals surface area contributed by atoms with E-state index in [1.807, 2.05) is 12.1 Å². The fourth-order valence-corrected chi connectivity index (χ4v) is 3.13. The molecule has 0 bridgehead atoms. The Kier molecular flexibility index (Phi) is 3.51. The first-order valence-electron chi connectivity index (χ1n) is 7.20. The number of nitrogens with zero attached hydrogens (tertiary/aromatic N) is 2. The van der Waals surface area contributed by atoms with Crippen LogP contribution in [0.15, 0.2) is 18.2 Å². The Morgan fingerprint density at radius 2 is 1.89 bits per heavy atom. The van der Waals surface area contributed by atoms with Gasteiger partial charge in [0.05, 0.1) is 12.8 Å². The third kappa shape index (κ3) is 2.50. The molecule has 2 aliphatic heterocycles. The third-order valence-electron chi connectivity index (χ3n) is 4.42. The molecule has 104 valence electrons. The molecule has 1 aromatic rings. The van der Waals surface area contributed by atoms with Crippen molar-refractivity contribution in [3.63, 3.8) is 0 Å². The number of benzene rings is 1. The Balaban J connectivity index is 1.67. The first-order chi connectivity index (χ1) is 9.28. The first-order valence-corrected chi connectivity index (χ1v) is 7.20. The number of nitrogen functional groups attached to an aromatic ring is 1. The van der Waals surface area contributed by atoms with Crippen molar-refractivity contribution in [1.29, 1.82) is 0 Å². The van der Waals surface area contributed by atoms with Gasteiger partial charge in [-0.25, -0.2) is 0 Å². The maximum Gasteiger partial charge on any atom is 0.144 e. The second kappa shape index (κ2) is 5.29. The summed E-state index contributed by atoms with van der Waals surface area (Å²) >= 11 is 0. The second-order valence-electron chi connectivity index (χ2n) is 5.54. The molecule has 0 aromatic heterocycles. The van der Waals surface area contributed by atoms with Crippen molar-refractivity contribution in [3.8, 4) is 5.75 Å². The summed E-state index contributed by atoms with van der Waals surface area (Å²) in [6, 6.07) is 6.75. The summed E-state index contributed by atoms with van der Waals surface area (Å²) in [4.78, 5) is 5.05. The number of piperidine rings is 1. The van der Waals surface area contributed by atoms with E-state index in [0.717, 1.165) is 30.6 Å². The van der Waals surface area contributed by atoms with E-state index < -0.39 is 0 Å². The minimum atomic E-state index is 0.760. The van der Waals surface area contributed by atoms with Gasteiger partial charge in [0.2, 0.25) is 0 Å². The van der Waals surface area contributed by atoms with E-state index in [9.17, 15) is 0 Å². The van der Waals surface area contributed by atoms with Crippen LogP contribution < -0.4 is 15.4 Å². The SMILES string of the molecule is COc1cc(N)ccc1N1CCC(N2CCC2)CC1. The van der Waals surface area contributed by atoms with E-state index in [0.29, 0.717) is 0 Å². The van der Waals surface area contributed by atoms with Gasteiger partial charge in [0.25, 0.3) is 0 Å². The van der Waals surface area contributed by atoms with Crippen molar-refractivity contribution in [2.75, 3.05) is 43.9 Å². The zero-order chi connectivity index (χ0) is 13.2. The molecule has 0 atom stereocenters. The summed E-state index contributed by atoms with van der Waals surface area (Å²) < 4.78 is 5.45. The molecule has 4 nitrogen and oxygen atoms in total. The van der Waals surface area contributed by atoms with Crippen molar-refractivity contribution in [2.45, 2.75) is 25.3 Å². The van der Waals surface area contributed by atoms with Crippen molar-refractivity contribution in [1.82, 2.24) is 4.90 Å². The molecule has 0 saturated carbocycles. The van der Waals surface area contributed by atoms with Gasteiger partial charge in [0.1, 0.15) is 5.75 Å². The Bertz CT molecular complexity index is 437. The smallest absolute Gasteiger partial charge is 0.144 e. The molecule has 0 amide bonds. The molecule has 2 N–H and O–H groups in total. The highest BCUT2D eigenvalue weighted by Crippen LogP contribution is 2.33. The molecule has 0 unspecified atom stereocenters. The molecule has 3 rings (SSSR count). The van der Waals surface area contributed by atoms with Crippen LogP contribution in [0.2, 0.25) is 0 Å². The van der Waals surface area contributed by atoms with Crippen LogP contribution in [0, 0.1) is 0 Å². The molecular formula is C15H23N3O. The van der Waals surface area contributed by atoms with E-state index >= 15 is 0 Å². The van der Waals surface area contributed by atoms with Crippen molar-refractivity contribution >= 4 is 11.4 Å². The number of likely N-dealkylation sites (tertiary alicyclic amines) is 1. The summed E-state index contributed by atoms with van der Waals surface area (Å²) in [5, 5.41) is 0. The summed E-state index contributed by atoms with van der Waals surface area (Å²) in [5.41, 5.74) is 7.75. The predicted molar refractivity (Wildman–Crippen MR) is 78.8 cm³/mol. The minimum absolute atomic E-state index is 0.760. The number of hydrogen-bond donors (Lipinski definition) is 1. The van der Waals surface area contributed by atoms with Gasteiger partial charge < -0.3 is 20.3 Å². The highest BCUT2D eigenvalue weighted by Gasteiger charge is 2.28. The van der Waals surface area contributed by atoms with Crippen LogP contribution >= 0.6 is 0 Å². The first kappa shape index (κ1) is 12.6. The van der Waals surface area contributed by atoms with Crippen molar-refractivity contribution in [3.05, 3.63) is 18.2 Å². The minimum Gasteiger partial charge on any atom is -0.495 e. The third-order valence-corrected chi connectivity index (χ3v) is 4.42. The standard InChI is InChI=1S/C15H23N3O/c1-19-15-11-12(16)3-4-14(15)18-9-5-13(6-10-18)17-7-2-8-17/h3-4,11,13H,2,5-10,16H2,1H3. The number of rotatable bonds is 3. The lowest BCUT2D eigenvalue weighted by Gasteiger charge is -2.43. The zero-order valence-electron chi connectivity index (χ0n) is 11.6. The molecular weight excluding hydrogens is 238 g/mol. The van der Waals surface area contributed by atoms with Gasteiger partial charge in [-0.3, -0.25) is 0 Å². The molecule has 19 heavy (non-hydrogen) atoms. The summed E-state index contributed by atoms with van der Waals surface area (Å²) in [6.07, 6.45) is 3.90. The molecule has 2 aliphatic rings. The molecule has 2 saturated heterocycles. The highest BCUT2D eigenvalue weighted by molar-refractivity contribution is 5.64. The van der Waals surface area contributed by atoms with Crippen molar-refractivity contribution < 1.29 is 4.74 Å². The Labute approximate surface area is 115 Å². The van der Waals surface area contributed by atoms with Crippen LogP contribution in [0.3, 0.4) is 0 Å². The lowest BCUT2D eigenvalue weighted by molar-refractivity contribution is 0.100. The van der Waals surface area contributed by atoms with Crippen LogP contribution in [0.4, 0.5) is 11.4 Å². The lowest BCUT2D eigenvalue weighted by Crippen LogP contribution is -2.50. The molecule has 4 heteroatoms. The molecule has 2 fully saturated rings. The molecule has 0 radical (unpaired) electrons. The average Bonchev–Trinajstić information content (AvgIpc) is 2.38. The Morgan fingerprint density at radius 1 is 1.16 bits per heavy atom. The number of anilines is 2. The van der Waals surface area contributed by atoms with Crippen LogP contribution in [0.25, 0.3) is 0 Å². The lowest BCUT2D eigenvalue weighted by atomic mass is 9.99. The normalized spacial score (nSPS) is 21.2. The summed E-state index contributed by atoms with van der Waals surface area (Å²) in [6.45, 7) is 4.83. The van der Waals surface area contributed by atoms with E-state index in [-0.39, 0.29) is 0 Å². The number of methoxy groups -OCH3 is 1. The maximum absolute atomic E-state index is 5.81. The average molecular weight is 261 g/mol. The summed E-state index contributed by atoms with van der Waals surface area (Å²) in [7, 11) is 1.71.